The molecule has 0 aromatic heterocycles. The molecule has 2 rings (SSSR count). The van der Waals surface area contributed by atoms with E-state index in [1.165, 1.54) is 38.1 Å². The number of thioether (sulfide) groups is 1. The van der Waals surface area contributed by atoms with Crippen LogP contribution in [0.5, 0.6) is 0 Å². The third-order valence-electron chi connectivity index (χ3n) is 3.43. The molecule has 2 fully saturated rings. The van der Waals surface area contributed by atoms with Crippen molar-refractivity contribution in [2.45, 2.75) is 31.4 Å². The van der Waals surface area contributed by atoms with Gasteiger partial charge in [-0.2, -0.15) is 11.8 Å². The molecule has 1 atom stereocenters. The average Bonchev–Trinajstić information content (AvgIpc) is 2.36. The van der Waals surface area contributed by atoms with E-state index in [0.29, 0.717) is 0 Å². The zero-order valence-electron chi connectivity index (χ0n) is 7.23. The SMILES string of the molecule is CC1SCCC12CCNCC2. The normalized spacial score (nSPS) is 36.3. The summed E-state index contributed by atoms with van der Waals surface area (Å²) in [5.74, 6) is 1.40. The molecule has 0 aromatic rings. The minimum Gasteiger partial charge on any atom is -0.317 e. The molecule has 11 heavy (non-hydrogen) atoms. The molecule has 0 radical (unpaired) electrons. The summed E-state index contributed by atoms with van der Waals surface area (Å²) in [6.45, 7) is 4.93. The largest absolute Gasteiger partial charge is 0.317 e. The monoisotopic (exact) mass is 171 g/mol. The first-order valence-corrected chi connectivity index (χ1v) is 5.71. The van der Waals surface area contributed by atoms with Gasteiger partial charge in [-0.05, 0) is 43.5 Å². The molecule has 0 amide bonds. The van der Waals surface area contributed by atoms with Gasteiger partial charge >= 0.3 is 0 Å². The second-order valence-corrected chi connectivity index (χ2v) is 5.32. The quantitative estimate of drug-likeness (QED) is 0.597. The van der Waals surface area contributed by atoms with E-state index in [0.717, 1.165) is 10.7 Å². The van der Waals surface area contributed by atoms with Gasteiger partial charge in [-0.1, -0.05) is 6.92 Å². The van der Waals surface area contributed by atoms with Crippen molar-refractivity contribution >= 4 is 11.8 Å². The van der Waals surface area contributed by atoms with Crippen LogP contribution in [0.15, 0.2) is 0 Å². The zero-order chi connectivity index (χ0) is 7.73. The molecule has 2 heteroatoms. The third-order valence-corrected chi connectivity index (χ3v) is 4.87. The minimum atomic E-state index is 0.732. The number of hydrogen-bond donors (Lipinski definition) is 1. The summed E-state index contributed by atoms with van der Waals surface area (Å²) in [7, 11) is 0. The van der Waals surface area contributed by atoms with Gasteiger partial charge in [0.25, 0.3) is 0 Å². The Morgan fingerprint density at radius 3 is 2.55 bits per heavy atom. The summed E-state index contributed by atoms with van der Waals surface area (Å²) < 4.78 is 0. The molecular formula is C9H17NS. The van der Waals surface area contributed by atoms with Crippen LogP contribution in [0.1, 0.15) is 26.2 Å². The third kappa shape index (κ3) is 1.31. The highest BCUT2D eigenvalue weighted by Crippen LogP contribution is 2.48. The summed E-state index contributed by atoms with van der Waals surface area (Å²) in [4.78, 5) is 0. The van der Waals surface area contributed by atoms with Crippen LogP contribution in [0.4, 0.5) is 0 Å². The summed E-state index contributed by atoms with van der Waals surface area (Å²) in [5, 5.41) is 4.37. The maximum absolute atomic E-state index is 3.45. The van der Waals surface area contributed by atoms with Gasteiger partial charge in [0.05, 0.1) is 0 Å². The predicted molar refractivity (Wildman–Crippen MR) is 51.1 cm³/mol. The standard InChI is InChI=1S/C9H17NS/c1-8-9(4-7-11-8)2-5-10-6-3-9/h8,10H,2-7H2,1H3. The average molecular weight is 171 g/mol. The van der Waals surface area contributed by atoms with Crippen LogP contribution in [0.3, 0.4) is 0 Å². The maximum atomic E-state index is 3.45. The maximum Gasteiger partial charge on any atom is 0.00764 e. The van der Waals surface area contributed by atoms with Gasteiger partial charge in [-0.25, -0.2) is 0 Å². The smallest absolute Gasteiger partial charge is 0.00764 e. The van der Waals surface area contributed by atoms with Gasteiger partial charge in [0.2, 0.25) is 0 Å². The molecule has 0 bridgehead atoms. The van der Waals surface area contributed by atoms with Crippen molar-refractivity contribution in [3.05, 3.63) is 0 Å². The van der Waals surface area contributed by atoms with E-state index in [1.807, 2.05) is 0 Å². The fourth-order valence-corrected chi connectivity index (χ4v) is 3.99. The molecule has 64 valence electrons. The highest BCUT2D eigenvalue weighted by atomic mass is 32.2. The lowest BCUT2D eigenvalue weighted by Crippen LogP contribution is -2.39. The Morgan fingerprint density at radius 1 is 1.27 bits per heavy atom. The Balaban J connectivity index is 2.06. The second kappa shape index (κ2) is 2.98. The van der Waals surface area contributed by atoms with Crippen molar-refractivity contribution in [2.75, 3.05) is 18.8 Å². The molecule has 0 aromatic carbocycles. The van der Waals surface area contributed by atoms with Crippen LogP contribution in [-0.2, 0) is 0 Å². The molecule has 2 saturated heterocycles. The lowest BCUT2D eigenvalue weighted by molar-refractivity contribution is 0.206. The van der Waals surface area contributed by atoms with Crippen molar-refractivity contribution < 1.29 is 0 Å². The highest BCUT2D eigenvalue weighted by Gasteiger charge is 2.41. The molecule has 0 aliphatic carbocycles. The van der Waals surface area contributed by atoms with E-state index >= 15 is 0 Å². The Bertz CT molecular complexity index is 140. The van der Waals surface area contributed by atoms with Gasteiger partial charge < -0.3 is 5.32 Å². The van der Waals surface area contributed by atoms with Crippen LogP contribution in [0.25, 0.3) is 0 Å². The van der Waals surface area contributed by atoms with Crippen LogP contribution in [-0.4, -0.2) is 24.1 Å². The van der Waals surface area contributed by atoms with Gasteiger partial charge in [-0.3, -0.25) is 0 Å². The Morgan fingerprint density at radius 2 is 2.00 bits per heavy atom. The molecule has 1 spiro atoms. The zero-order valence-corrected chi connectivity index (χ0v) is 8.04. The van der Waals surface area contributed by atoms with Crippen molar-refractivity contribution in [3.8, 4) is 0 Å². The van der Waals surface area contributed by atoms with Crippen LogP contribution in [0, 0.1) is 5.41 Å². The van der Waals surface area contributed by atoms with Crippen LogP contribution in [0.2, 0.25) is 0 Å². The van der Waals surface area contributed by atoms with Gasteiger partial charge in [0, 0.05) is 5.25 Å². The Kier molecular flexibility index (Phi) is 2.15. The Hall–Kier alpha value is 0.310. The van der Waals surface area contributed by atoms with Gasteiger partial charge in [-0.15, -0.1) is 0 Å². The van der Waals surface area contributed by atoms with E-state index in [-0.39, 0.29) is 0 Å². The first kappa shape index (κ1) is 7.93. The summed E-state index contributed by atoms with van der Waals surface area (Å²) in [6.07, 6.45) is 4.31. The topological polar surface area (TPSA) is 12.0 Å². The first-order valence-electron chi connectivity index (χ1n) is 4.66. The molecule has 1 nitrogen and oxygen atoms in total. The van der Waals surface area contributed by atoms with Crippen molar-refractivity contribution in [2.24, 2.45) is 5.41 Å². The van der Waals surface area contributed by atoms with E-state index < -0.39 is 0 Å². The number of nitrogens with one attached hydrogen (secondary N) is 1. The molecular weight excluding hydrogens is 154 g/mol. The molecule has 2 aliphatic heterocycles. The lowest BCUT2D eigenvalue weighted by atomic mass is 9.74. The number of hydrogen-bond acceptors (Lipinski definition) is 2. The molecule has 1 unspecified atom stereocenters. The molecule has 0 saturated carbocycles. The summed E-state index contributed by atoms with van der Waals surface area (Å²) in [5.41, 5.74) is 0.732. The molecule has 2 heterocycles. The van der Waals surface area contributed by atoms with E-state index in [2.05, 4.69) is 24.0 Å². The number of piperidine rings is 1. The van der Waals surface area contributed by atoms with E-state index in [4.69, 9.17) is 0 Å². The van der Waals surface area contributed by atoms with Gasteiger partial charge in [0.15, 0.2) is 0 Å². The summed E-state index contributed by atoms with van der Waals surface area (Å²) >= 11 is 2.17. The number of rotatable bonds is 0. The van der Waals surface area contributed by atoms with Crippen molar-refractivity contribution in [1.82, 2.24) is 5.32 Å². The van der Waals surface area contributed by atoms with E-state index in [1.54, 1.807) is 0 Å². The Labute approximate surface area is 73.3 Å². The minimum absolute atomic E-state index is 0.732. The van der Waals surface area contributed by atoms with Gasteiger partial charge in [0.1, 0.15) is 0 Å². The fraction of sp³-hybridized carbons (Fsp3) is 1.00. The summed E-state index contributed by atoms with van der Waals surface area (Å²) in [6, 6.07) is 0. The van der Waals surface area contributed by atoms with Crippen LogP contribution < -0.4 is 5.32 Å². The van der Waals surface area contributed by atoms with Crippen molar-refractivity contribution in [3.63, 3.8) is 0 Å². The lowest BCUT2D eigenvalue weighted by Gasteiger charge is -2.37. The fourth-order valence-electron chi connectivity index (χ4n) is 2.40. The molecule has 1 N–H and O–H groups in total. The first-order chi connectivity index (χ1) is 5.33. The highest BCUT2D eigenvalue weighted by molar-refractivity contribution is 8.00. The predicted octanol–water partition coefficient (Wildman–Crippen LogP) is 1.88. The molecule has 2 aliphatic rings. The van der Waals surface area contributed by atoms with Crippen LogP contribution >= 0.6 is 11.8 Å². The van der Waals surface area contributed by atoms with E-state index in [9.17, 15) is 0 Å². The second-order valence-electron chi connectivity index (χ2n) is 3.88. The van der Waals surface area contributed by atoms with Crippen molar-refractivity contribution in [1.29, 1.82) is 0 Å².